The lowest BCUT2D eigenvalue weighted by Gasteiger charge is -2.07. The first-order valence-electron chi connectivity index (χ1n) is 6.81. The minimum atomic E-state index is 0.790. The van der Waals surface area contributed by atoms with E-state index >= 15 is 0 Å². The minimum absolute atomic E-state index is 0.790. The van der Waals surface area contributed by atoms with Crippen LogP contribution in [-0.2, 0) is 6.54 Å². The van der Waals surface area contributed by atoms with Gasteiger partial charge < -0.3 is 5.32 Å². The molecule has 104 valence electrons. The number of rotatable bonds is 4. The molecule has 0 radical (unpaired) electrons. The molecule has 0 saturated heterocycles. The molecule has 1 N–H and O–H groups in total. The predicted molar refractivity (Wildman–Crippen MR) is 91.1 cm³/mol. The Hall–Kier alpha value is -2.13. The van der Waals surface area contributed by atoms with Crippen LogP contribution in [0.3, 0.4) is 0 Å². The number of nitrogens with zero attached hydrogens (tertiary/aromatic N) is 1. The normalized spacial score (nSPS) is 10.3. The van der Waals surface area contributed by atoms with Crippen LogP contribution in [0.1, 0.15) is 5.56 Å². The topological polar surface area (TPSA) is 24.9 Å². The molecule has 0 aliphatic carbocycles. The smallest absolute Gasteiger partial charge is 0.106 e. The van der Waals surface area contributed by atoms with Gasteiger partial charge in [0.05, 0.1) is 11.9 Å². The largest absolute Gasteiger partial charge is 0.380 e. The molecule has 0 unspecified atom stereocenters. The van der Waals surface area contributed by atoms with Crippen LogP contribution in [0.25, 0.3) is 11.1 Å². The molecule has 0 amide bonds. The number of benzene rings is 2. The Labute approximate surface area is 133 Å². The second kappa shape index (κ2) is 6.55. The maximum Gasteiger partial charge on any atom is 0.106 e. The van der Waals surface area contributed by atoms with Crippen LogP contribution < -0.4 is 5.32 Å². The molecule has 2 nitrogen and oxygen atoms in total. The van der Waals surface area contributed by atoms with Crippen LogP contribution >= 0.6 is 15.9 Å². The van der Waals surface area contributed by atoms with Crippen LogP contribution in [0.5, 0.6) is 0 Å². The lowest BCUT2D eigenvalue weighted by molar-refractivity contribution is 1.13. The van der Waals surface area contributed by atoms with Gasteiger partial charge in [0, 0.05) is 6.54 Å². The van der Waals surface area contributed by atoms with Crippen molar-refractivity contribution in [1.82, 2.24) is 4.98 Å². The summed E-state index contributed by atoms with van der Waals surface area (Å²) < 4.78 is 0.847. The summed E-state index contributed by atoms with van der Waals surface area (Å²) in [5, 5.41) is 3.36. The summed E-state index contributed by atoms with van der Waals surface area (Å²) in [5.74, 6) is 0. The van der Waals surface area contributed by atoms with E-state index in [-0.39, 0.29) is 0 Å². The SMILES string of the molecule is Brc1ccc(NCc2ccc(-c3ccccc3)cc2)cn1. The lowest BCUT2D eigenvalue weighted by atomic mass is 10.0. The highest BCUT2D eigenvalue weighted by Crippen LogP contribution is 2.19. The molecule has 0 saturated carbocycles. The zero-order valence-electron chi connectivity index (χ0n) is 11.5. The van der Waals surface area contributed by atoms with E-state index in [4.69, 9.17) is 0 Å². The molecule has 0 fully saturated rings. The molecule has 1 heterocycles. The molecular formula is C18H15BrN2. The van der Waals surface area contributed by atoms with Crippen molar-refractivity contribution in [3.8, 4) is 11.1 Å². The summed E-state index contributed by atoms with van der Waals surface area (Å²) in [6, 6.07) is 23.0. The third-order valence-electron chi connectivity index (χ3n) is 3.29. The van der Waals surface area contributed by atoms with Crippen molar-refractivity contribution in [1.29, 1.82) is 0 Å². The van der Waals surface area contributed by atoms with Crippen molar-refractivity contribution in [2.45, 2.75) is 6.54 Å². The lowest BCUT2D eigenvalue weighted by Crippen LogP contribution is -1.99. The second-order valence-corrected chi connectivity index (χ2v) is 5.60. The predicted octanol–water partition coefficient (Wildman–Crippen LogP) is 5.12. The van der Waals surface area contributed by atoms with E-state index in [2.05, 4.69) is 74.8 Å². The van der Waals surface area contributed by atoms with E-state index in [0.29, 0.717) is 0 Å². The van der Waals surface area contributed by atoms with Gasteiger partial charge in [0.25, 0.3) is 0 Å². The Balaban J connectivity index is 1.66. The van der Waals surface area contributed by atoms with E-state index in [1.54, 1.807) is 0 Å². The van der Waals surface area contributed by atoms with E-state index in [9.17, 15) is 0 Å². The zero-order chi connectivity index (χ0) is 14.5. The van der Waals surface area contributed by atoms with Crippen molar-refractivity contribution in [3.63, 3.8) is 0 Å². The molecule has 3 rings (SSSR count). The van der Waals surface area contributed by atoms with Gasteiger partial charge in [-0.15, -0.1) is 0 Å². The molecule has 0 aliphatic rings. The van der Waals surface area contributed by atoms with Crippen molar-refractivity contribution >= 4 is 21.6 Å². The summed E-state index contributed by atoms with van der Waals surface area (Å²) >= 11 is 3.33. The number of anilines is 1. The molecular weight excluding hydrogens is 324 g/mol. The summed E-state index contributed by atoms with van der Waals surface area (Å²) in [6.45, 7) is 0.790. The van der Waals surface area contributed by atoms with E-state index < -0.39 is 0 Å². The second-order valence-electron chi connectivity index (χ2n) is 4.79. The summed E-state index contributed by atoms with van der Waals surface area (Å²) in [7, 11) is 0. The molecule has 0 bridgehead atoms. The third kappa shape index (κ3) is 3.70. The summed E-state index contributed by atoms with van der Waals surface area (Å²) in [6.07, 6.45) is 1.82. The van der Waals surface area contributed by atoms with Crippen molar-refractivity contribution in [2.75, 3.05) is 5.32 Å². The Morgan fingerprint density at radius 2 is 1.52 bits per heavy atom. The Morgan fingerprint density at radius 1 is 0.810 bits per heavy atom. The zero-order valence-corrected chi connectivity index (χ0v) is 13.0. The van der Waals surface area contributed by atoms with Gasteiger partial charge in [0.2, 0.25) is 0 Å². The fourth-order valence-electron chi connectivity index (χ4n) is 2.13. The van der Waals surface area contributed by atoms with Crippen LogP contribution in [0, 0.1) is 0 Å². The summed E-state index contributed by atoms with van der Waals surface area (Å²) in [4.78, 5) is 4.20. The fraction of sp³-hybridized carbons (Fsp3) is 0.0556. The van der Waals surface area contributed by atoms with Gasteiger partial charge in [0.15, 0.2) is 0 Å². The van der Waals surface area contributed by atoms with Gasteiger partial charge in [-0.2, -0.15) is 0 Å². The standard InChI is InChI=1S/C18H15BrN2/c19-18-11-10-17(13-21-18)20-12-14-6-8-16(9-7-14)15-4-2-1-3-5-15/h1-11,13,20H,12H2. The van der Waals surface area contributed by atoms with E-state index in [0.717, 1.165) is 16.8 Å². The summed E-state index contributed by atoms with van der Waals surface area (Å²) in [5.41, 5.74) is 4.75. The third-order valence-corrected chi connectivity index (χ3v) is 3.75. The molecule has 21 heavy (non-hydrogen) atoms. The van der Waals surface area contributed by atoms with Gasteiger partial charge in [-0.25, -0.2) is 4.98 Å². The number of halogens is 1. The Kier molecular flexibility index (Phi) is 4.31. The van der Waals surface area contributed by atoms with Crippen LogP contribution in [0.2, 0.25) is 0 Å². The first-order chi connectivity index (χ1) is 10.3. The maximum absolute atomic E-state index is 4.20. The number of nitrogens with one attached hydrogen (secondary N) is 1. The first kappa shape index (κ1) is 13.8. The Morgan fingerprint density at radius 3 is 2.19 bits per heavy atom. The van der Waals surface area contributed by atoms with Crippen molar-refractivity contribution in [3.05, 3.63) is 83.1 Å². The van der Waals surface area contributed by atoms with Crippen LogP contribution in [0.15, 0.2) is 77.5 Å². The van der Waals surface area contributed by atoms with Gasteiger partial charge >= 0.3 is 0 Å². The molecule has 2 aromatic carbocycles. The average molecular weight is 339 g/mol. The van der Waals surface area contributed by atoms with Gasteiger partial charge in [-0.05, 0) is 44.8 Å². The van der Waals surface area contributed by atoms with E-state index in [1.807, 2.05) is 24.4 Å². The minimum Gasteiger partial charge on any atom is -0.380 e. The molecule has 1 aromatic heterocycles. The van der Waals surface area contributed by atoms with Gasteiger partial charge in [-0.3, -0.25) is 0 Å². The van der Waals surface area contributed by atoms with Gasteiger partial charge in [0.1, 0.15) is 4.60 Å². The highest BCUT2D eigenvalue weighted by Gasteiger charge is 1.98. The number of hydrogen-bond donors (Lipinski definition) is 1. The molecule has 3 aromatic rings. The fourth-order valence-corrected chi connectivity index (χ4v) is 2.36. The van der Waals surface area contributed by atoms with Gasteiger partial charge in [-0.1, -0.05) is 54.6 Å². The van der Waals surface area contributed by atoms with E-state index in [1.165, 1.54) is 16.7 Å². The number of pyridine rings is 1. The van der Waals surface area contributed by atoms with Crippen LogP contribution in [-0.4, -0.2) is 4.98 Å². The number of aromatic nitrogens is 1. The number of hydrogen-bond acceptors (Lipinski definition) is 2. The average Bonchev–Trinajstić information content (AvgIpc) is 2.56. The molecule has 0 aliphatic heterocycles. The molecule has 0 spiro atoms. The van der Waals surface area contributed by atoms with Crippen molar-refractivity contribution < 1.29 is 0 Å². The molecule has 0 atom stereocenters. The first-order valence-corrected chi connectivity index (χ1v) is 7.60. The van der Waals surface area contributed by atoms with Crippen LogP contribution in [0.4, 0.5) is 5.69 Å². The maximum atomic E-state index is 4.20. The molecule has 3 heteroatoms. The Bertz CT molecular complexity index is 692. The monoisotopic (exact) mass is 338 g/mol. The highest BCUT2D eigenvalue weighted by molar-refractivity contribution is 9.10. The van der Waals surface area contributed by atoms with Crippen molar-refractivity contribution in [2.24, 2.45) is 0 Å². The highest BCUT2D eigenvalue weighted by atomic mass is 79.9. The quantitative estimate of drug-likeness (QED) is 0.667.